The lowest BCUT2D eigenvalue weighted by Gasteiger charge is -2.00. The first-order valence-electron chi connectivity index (χ1n) is 4.79. The van der Waals surface area contributed by atoms with Crippen molar-refractivity contribution in [3.05, 3.63) is 29.3 Å². The van der Waals surface area contributed by atoms with Crippen molar-refractivity contribution >= 4 is 11.8 Å². The molecule has 0 saturated heterocycles. The Morgan fingerprint density at radius 2 is 2.25 bits per heavy atom. The fraction of sp³-hybridized carbons (Fsp3) is 0.273. The minimum atomic E-state index is 0.633. The van der Waals surface area contributed by atoms with Gasteiger partial charge in [-0.15, -0.1) is 0 Å². The van der Waals surface area contributed by atoms with Crippen LogP contribution in [0.15, 0.2) is 26.7 Å². The molecule has 2 heterocycles. The summed E-state index contributed by atoms with van der Waals surface area (Å²) in [6.45, 7) is 3.74. The van der Waals surface area contributed by atoms with Crippen molar-refractivity contribution in [1.82, 2.24) is 9.78 Å². The molecule has 2 aromatic heterocycles. The van der Waals surface area contributed by atoms with Crippen molar-refractivity contribution in [2.45, 2.75) is 23.8 Å². The maximum atomic E-state index is 9.07. The van der Waals surface area contributed by atoms with Gasteiger partial charge in [-0.3, -0.25) is 4.68 Å². The number of nitriles is 1. The van der Waals surface area contributed by atoms with Gasteiger partial charge in [0, 0.05) is 7.05 Å². The van der Waals surface area contributed by atoms with Crippen LogP contribution in [0, 0.1) is 25.2 Å². The number of aromatic nitrogens is 2. The summed E-state index contributed by atoms with van der Waals surface area (Å²) in [5.74, 6) is 0.854. The molecule has 0 N–H and O–H groups in total. The van der Waals surface area contributed by atoms with Crippen LogP contribution in [0.25, 0.3) is 0 Å². The molecule has 0 atom stereocenters. The van der Waals surface area contributed by atoms with E-state index in [9.17, 15) is 0 Å². The van der Waals surface area contributed by atoms with Crippen molar-refractivity contribution in [1.29, 1.82) is 5.26 Å². The Balaban J connectivity index is 2.43. The smallest absolute Gasteiger partial charge is 0.117 e. The van der Waals surface area contributed by atoms with Gasteiger partial charge in [0.15, 0.2) is 0 Å². The van der Waals surface area contributed by atoms with Crippen LogP contribution in [0.3, 0.4) is 0 Å². The SMILES string of the molecule is Cc1nn(C)c(Sc2ccoc2C)c1C#N. The maximum Gasteiger partial charge on any atom is 0.117 e. The van der Waals surface area contributed by atoms with Crippen LogP contribution in [-0.2, 0) is 7.05 Å². The minimum absolute atomic E-state index is 0.633. The third-order valence-corrected chi connectivity index (χ3v) is 3.60. The molecule has 4 nitrogen and oxygen atoms in total. The topological polar surface area (TPSA) is 54.8 Å². The van der Waals surface area contributed by atoms with Crippen LogP contribution in [0.4, 0.5) is 0 Å². The molecule has 0 unspecified atom stereocenters. The standard InChI is InChI=1S/C11H11N3OS/c1-7-9(6-12)11(14(3)13-7)16-10-4-5-15-8(10)2/h4-5H,1-3H3. The average molecular weight is 233 g/mol. The number of furan rings is 1. The third-order valence-electron chi connectivity index (χ3n) is 2.30. The summed E-state index contributed by atoms with van der Waals surface area (Å²) in [5.41, 5.74) is 1.39. The summed E-state index contributed by atoms with van der Waals surface area (Å²) in [5, 5.41) is 14.2. The molecule has 0 fully saturated rings. The normalized spacial score (nSPS) is 10.4. The van der Waals surface area contributed by atoms with Gasteiger partial charge in [0.05, 0.1) is 16.9 Å². The van der Waals surface area contributed by atoms with Crippen LogP contribution in [-0.4, -0.2) is 9.78 Å². The molecular weight excluding hydrogens is 222 g/mol. The second kappa shape index (κ2) is 4.06. The van der Waals surface area contributed by atoms with Crippen LogP contribution < -0.4 is 0 Å². The Morgan fingerprint density at radius 3 is 2.81 bits per heavy atom. The van der Waals surface area contributed by atoms with Crippen molar-refractivity contribution < 1.29 is 4.42 Å². The molecule has 0 bridgehead atoms. The summed E-state index contributed by atoms with van der Waals surface area (Å²) >= 11 is 1.50. The summed E-state index contributed by atoms with van der Waals surface area (Å²) in [7, 11) is 1.84. The molecule has 0 amide bonds. The first-order valence-corrected chi connectivity index (χ1v) is 5.60. The predicted octanol–water partition coefficient (Wildman–Crippen LogP) is 2.65. The molecule has 2 rings (SSSR count). The zero-order chi connectivity index (χ0) is 11.7. The molecule has 0 aliphatic rings. The number of hydrogen-bond acceptors (Lipinski definition) is 4. The monoisotopic (exact) mass is 233 g/mol. The Hall–Kier alpha value is -1.67. The predicted molar refractivity (Wildman–Crippen MR) is 60.2 cm³/mol. The van der Waals surface area contributed by atoms with Crippen LogP contribution >= 0.6 is 11.8 Å². The van der Waals surface area contributed by atoms with E-state index in [1.807, 2.05) is 27.0 Å². The molecular formula is C11H11N3OS. The Labute approximate surface area is 97.9 Å². The van der Waals surface area contributed by atoms with E-state index in [1.54, 1.807) is 10.9 Å². The van der Waals surface area contributed by atoms with Gasteiger partial charge in [0.2, 0.25) is 0 Å². The summed E-state index contributed by atoms with van der Waals surface area (Å²) in [4.78, 5) is 1.01. The lowest BCUT2D eigenvalue weighted by molar-refractivity contribution is 0.526. The quantitative estimate of drug-likeness (QED) is 0.800. The van der Waals surface area contributed by atoms with E-state index in [0.717, 1.165) is 21.4 Å². The van der Waals surface area contributed by atoms with Gasteiger partial charge in [-0.25, -0.2) is 0 Å². The van der Waals surface area contributed by atoms with Crippen molar-refractivity contribution in [2.75, 3.05) is 0 Å². The molecule has 0 spiro atoms. The van der Waals surface area contributed by atoms with E-state index < -0.39 is 0 Å². The van der Waals surface area contributed by atoms with Crippen molar-refractivity contribution in [2.24, 2.45) is 7.05 Å². The third kappa shape index (κ3) is 1.72. The zero-order valence-electron chi connectivity index (χ0n) is 9.31. The average Bonchev–Trinajstić information content (AvgIpc) is 2.74. The Bertz CT molecular complexity index is 562. The lowest BCUT2D eigenvalue weighted by Crippen LogP contribution is -1.92. The number of aryl methyl sites for hydroxylation is 3. The molecule has 5 heteroatoms. The molecule has 16 heavy (non-hydrogen) atoms. The van der Waals surface area contributed by atoms with Gasteiger partial charge in [-0.1, -0.05) is 11.8 Å². The van der Waals surface area contributed by atoms with Gasteiger partial charge in [0.25, 0.3) is 0 Å². The van der Waals surface area contributed by atoms with Gasteiger partial charge >= 0.3 is 0 Å². The largest absolute Gasteiger partial charge is 0.468 e. The zero-order valence-corrected chi connectivity index (χ0v) is 10.1. The van der Waals surface area contributed by atoms with E-state index >= 15 is 0 Å². The van der Waals surface area contributed by atoms with E-state index in [4.69, 9.17) is 9.68 Å². The van der Waals surface area contributed by atoms with Gasteiger partial charge in [-0.2, -0.15) is 10.4 Å². The molecule has 2 aromatic rings. The highest BCUT2D eigenvalue weighted by Gasteiger charge is 2.15. The fourth-order valence-corrected chi connectivity index (χ4v) is 2.46. The van der Waals surface area contributed by atoms with Crippen molar-refractivity contribution in [3.63, 3.8) is 0 Å². The minimum Gasteiger partial charge on any atom is -0.468 e. The lowest BCUT2D eigenvalue weighted by atomic mass is 10.3. The molecule has 0 aliphatic carbocycles. The molecule has 0 aliphatic heterocycles. The fourth-order valence-electron chi connectivity index (χ4n) is 1.47. The van der Waals surface area contributed by atoms with Crippen molar-refractivity contribution in [3.8, 4) is 6.07 Å². The van der Waals surface area contributed by atoms with E-state index in [2.05, 4.69) is 11.2 Å². The molecule has 0 radical (unpaired) electrons. The summed E-state index contributed by atoms with van der Waals surface area (Å²) in [6.07, 6.45) is 1.65. The van der Waals surface area contributed by atoms with E-state index in [-0.39, 0.29) is 0 Å². The van der Waals surface area contributed by atoms with Gasteiger partial charge in [0.1, 0.15) is 22.4 Å². The molecule has 0 aromatic carbocycles. The number of hydrogen-bond donors (Lipinski definition) is 0. The highest BCUT2D eigenvalue weighted by Crippen LogP contribution is 2.33. The Kier molecular flexibility index (Phi) is 2.75. The van der Waals surface area contributed by atoms with Crippen LogP contribution in [0.2, 0.25) is 0 Å². The van der Waals surface area contributed by atoms with Gasteiger partial charge < -0.3 is 4.42 Å². The second-order valence-corrected chi connectivity index (χ2v) is 4.47. The highest BCUT2D eigenvalue weighted by atomic mass is 32.2. The van der Waals surface area contributed by atoms with Gasteiger partial charge in [-0.05, 0) is 19.9 Å². The number of nitrogens with zero attached hydrogens (tertiary/aromatic N) is 3. The summed E-state index contributed by atoms with van der Waals surface area (Å²) in [6, 6.07) is 4.07. The first-order chi connectivity index (χ1) is 7.63. The first kappa shape index (κ1) is 10.8. The van der Waals surface area contributed by atoms with Crippen LogP contribution in [0.1, 0.15) is 17.0 Å². The maximum absolute atomic E-state index is 9.07. The van der Waals surface area contributed by atoms with E-state index in [1.165, 1.54) is 11.8 Å². The summed E-state index contributed by atoms with van der Waals surface area (Å²) < 4.78 is 6.95. The molecule has 0 saturated carbocycles. The highest BCUT2D eigenvalue weighted by molar-refractivity contribution is 7.99. The molecule has 82 valence electrons. The van der Waals surface area contributed by atoms with Crippen LogP contribution in [0.5, 0.6) is 0 Å². The second-order valence-electron chi connectivity index (χ2n) is 3.44. The number of rotatable bonds is 2. The van der Waals surface area contributed by atoms with E-state index in [0.29, 0.717) is 5.56 Å². The Morgan fingerprint density at radius 1 is 1.50 bits per heavy atom.